The Bertz CT molecular complexity index is 1200. The van der Waals surface area contributed by atoms with Crippen LogP contribution in [0, 0.1) is 11.8 Å². The van der Waals surface area contributed by atoms with Gasteiger partial charge in [0.2, 0.25) is 11.8 Å². The summed E-state index contributed by atoms with van der Waals surface area (Å²) >= 11 is 0. The lowest BCUT2D eigenvalue weighted by molar-refractivity contribution is -0.120. The molecule has 0 radical (unpaired) electrons. The minimum Gasteiger partial charge on any atom is -0.493 e. The van der Waals surface area contributed by atoms with E-state index < -0.39 is 0 Å². The van der Waals surface area contributed by atoms with Crippen LogP contribution < -0.4 is 19.5 Å². The third-order valence-electron chi connectivity index (χ3n) is 7.35. The molecule has 0 bridgehead atoms. The van der Waals surface area contributed by atoms with Gasteiger partial charge >= 0.3 is 6.09 Å². The Labute approximate surface area is 229 Å². The molecule has 8 heteroatoms. The Morgan fingerprint density at radius 1 is 0.821 bits per heavy atom. The van der Waals surface area contributed by atoms with Crippen molar-refractivity contribution in [3.05, 3.63) is 72.9 Å². The average Bonchev–Trinajstić information content (AvgIpc) is 2.99. The van der Waals surface area contributed by atoms with Crippen LogP contribution in [0.5, 0.6) is 23.1 Å². The molecule has 1 aliphatic carbocycles. The van der Waals surface area contributed by atoms with E-state index in [9.17, 15) is 9.59 Å². The molecule has 0 unspecified atom stereocenters. The predicted octanol–water partition coefficient (Wildman–Crippen LogP) is 6.68. The molecule has 3 aromatic rings. The van der Waals surface area contributed by atoms with Crippen molar-refractivity contribution in [3.8, 4) is 23.1 Å². The molecule has 1 N–H and O–H groups in total. The molecule has 8 nitrogen and oxygen atoms in total. The van der Waals surface area contributed by atoms with Gasteiger partial charge in [-0.2, -0.15) is 0 Å². The maximum absolute atomic E-state index is 12.7. The van der Waals surface area contributed by atoms with Gasteiger partial charge in [-0.25, -0.2) is 9.78 Å². The summed E-state index contributed by atoms with van der Waals surface area (Å²) in [4.78, 5) is 31.0. The summed E-state index contributed by atoms with van der Waals surface area (Å²) in [5.74, 6) is 3.05. The highest BCUT2D eigenvalue weighted by Gasteiger charge is 2.25. The summed E-state index contributed by atoms with van der Waals surface area (Å²) in [6.45, 7) is 1.84. The summed E-state index contributed by atoms with van der Waals surface area (Å²) in [6.07, 6.45) is 8.41. The first kappa shape index (κ1) is 26.5. The highest BCUT2D eigenvalue weighted by Crippen LogP contribution is 2.27. The molecule has 0 atom stereocenters. The maximum atomic E-state index is 12.7. The lowest BCUT2D eigenvalue weighted by Crippen LogP contribution is -2.41. The molecule has 1 aliphatic heterocycles. The van der Waals surface area contributed by atoms with Crippen molar-refractivity contribution in [2.75, 3.05) is 25.0 Å². The third kappa shape index (κ3) is 7.72. The predicted molar refractivity (Wildman–Crippen MR) is 148 cm³/mol. The van der Waals surface area contributed by atoms with E-state index in [0.717, 1.165) is 50.0 Å². The van der Waals surface area contributed by atoms with Crippen LogP contribution in [-0.2, 0) is 4.79 Å². The van der Waals surface area contributed by atoms with Crippen molar-refractivity contribution >= 4 is 17.7 Å². The number of ether oxygens (including phenoxy) is 3. The number of hydrogen-bond donors (Lipinski definition) is 1. The number of hydrogen-bond acceptors (Lipinski definition) is 6. The smallest absolute Gasteiger partial charge is 0.415 e. The van der Waals surface area contributed by atoms with Gasteiger partial charge in [0.05, 0.1) is 6.61 Å². The fourth-order valence-corrected chi connectivity index (χ4v) is 5.01. The van der Waals surface area contributed by atoms with Gasteiger partial charge in [-0.05, 0) is 86.2 Å². The Hall–Kier alpha value is -4.07. The van der Waals surface area contributed by atoms with E-state index in [0.29, 0.717) is 43.0 Å². The molecule has 2 amide bonds. The molecule has 1 saturated heterocycles. The molecule has 5 rings (SSSR count). The van der Waals surface area contributed by atoms with Gasteiger partial charge in [0.1, 0.15) is 17.2 Å². The van der Waals surface area contributed by atoms with Crippen molar-refractivity contribution in [2.24, 2.45) is 11.8 Å². The molecular formula is C31H35N3O5. The van der Waals surface area contributed by atoms with Crippen LogP contribution in [0.3, 0.4) is 0 Å². The van der Waals surface area contributed by atoms with Gasteiger partial charge in [0, 0.05) is 37.0 Å². The van der Waals surface area contributed by atoms with Crippen molar-refractivity contribution in [2.45, 2.75) is 44.9 Å². The standard InChI is InChI=1S/C31H35N3O5/c35-30(24-6-2-1-3-7-24)33-25-9-11-28(12-10-25)39-31(36)34-20-17-23(18-21-34)22-37-26-13-15-27(16-14-26)38-29-8-4-5-19-32-29/h4-5,8-16,19,23-24H,1-3,6-7,17-18,20-22H2,(H,33,35). The second-order valence-electron chi connectivity index (χ2n) is 10.2. The molecule has 2 fully saturated rings. The maximum Gasteiger partial charge on any atom is 0.415 e. The minimum absolute atomic E-state index is 0.0814. The van der Waals surface area contributed by atoms with Crippen molar-refractivity contribution < 1.29 is 23.8 Å². The van der Waals surface area contributed by atoms with Crippen LogP contribution in [-0.4, -0.2) is 41.6 Å². The molecule has 39 heavy (non-hydrogen) atoms. The lowest BCUT2D eigenvalue weighted by Gasteiger charge is -2.31. The normalized spacial score (nSPS) is 16.4. The van der Waals surface area contributed by atoms with Gasteiger partial charge in [-0.1, -0.05) is 25.3 Å². The number of aromatic nitrogens is 1. The van der Waals surface area contributed by atoms with Crippen LogP contribution in [0.15, 0.2) is 72.9 Å². The molecule has 2 heterocycles. The van der Waals surface area contributed by atoms with Gasteiger partial charge in [0.25, 0.3) is 0 Å². The van der Waals surface area contributed by atoms with E-state index in [-0.39, 0.29) is 17.9 Å². The van der Waals surface area contributed by atoms with E-state index in [2.05, 4.69) is 10.3 Å². The zero-order valence-corrected chi connectivity index (χ0v) is 22.1. The average molecular weight is 530 g/mol. The molecular weight excluding hydrogens is 494 g/mol. The quantitative estimate of drug-likeness (QED) is 0.350. The molecule has 2 aromatic carbocycles. The SMILES string of the molecule is O=C(Nc1ccc(OC(=O)N2CCC(COc3ccc(Oc4ccccn4)cc3)CC2)cc1)C1CCCCC1. The van der Waals surface area contributed by atoms with E-state index >= 15 is 0 Å². The van der Waals surface area contributed by atoms with Crippen molar-refractivity contribution in [1.29, 1.82) is 0 Å². The Morgan fingerprint density at radius 2 is 1.51 bits per heavy atom. The van der Waals surface area contributed by atoms with Gasteiger partial charge < -0.3 is 24.4 Å². The van der Waals surface area contributed by atoms with Gasteiger partial charge in [-0.3, -0.25) is 4.79 Å². The van der Waals surface area contributed by atoms with Gasteiger partial charge in [-0.15, -0.1) is 0 Å². The van der Waals surface area contributed by atoms with Crippen LogP contribution >= 0.6 is 0 Å². The molecule has 0 spiro atoms. The number of carbonyl (C=O) groups excluding carboxylic acids is 2. The summed E-state index contributed by atoms with van der Waals surface area (Å²) in [5.41, 5.74) is 0.724. The van der Waals surface area contributed by atoms with E-state index in [4.69, 9.17) is 14.2 Å². The number of likely N-dealkylation sites (tertiary alicyclic amines) is 1. The lowest BCUT2D eigenvalue weighted by atomic mass is 9.88. The first-order chi connectivity index (χ1) is 19.1. The summed E-state index contributed by atoms with van der Waals surface area (Å²) in [5, 5.41) is 2.99. The first-order valence-electron chi connectivity index (χ1n) is 13.8. The summed E-state index contributed by atoms with van der Waals surface area (Å²) in [7, 11) is 0. The van der Waals surface area contributed by atoms with Crippen molar-refractivity contribution in [3.63, 3.8) is 0 Å². The van der Waals surface area contributed by atoms with Crippen molar-refractivity contribution in [1.82, 2.24) is 9.88 Å². The van der Waals surface area contributed by atoms with E-state index in [1.807, 2.05) is 42.5 Å². The third-order valence-corrected chi connectivity index (χ3v) is 7.35. The number of piperidine rings is 1. The molecule has 1 aromatic heterocycles. The highest BCUT2D eigenvalue weighted by molar-refractivity contribution is 5.92. The second kappa shape index (κ2) is 13.1. The summed E-state index contributed by atoms with van der Waals surface area (Å²) in [6, 6.07) is 20.0. The van der Waals surface area contributed by atoms with Crippen LogP contribution in [0.25, 0.3) is 0 Å². The number of benzene rings is 2. The number of carbonyl (C=O) groups is 2. The number of amides is 2. The van der Waals surface area contributed by atoms with Crippen LogP contribution in [0.4, 0.5) is 10.5 Å². The fourth-order valence-electron chi connectivity index (χ4n) is 5.01. The minimum atomic E-state index is -0.350. The van der Waals surface area contributed by atoms with Gasteiger partial charge in [0.15, 0.2) is 0 Å². The van der Waals surface area contributed by atoms with E-state index in [1.54, 1.807) is 35.4 Å². The zero-order valence-electron chi connectivity index (χ0n) is 22.1. The highest BCUT2D eigenvalue weighted by atomic mass is 16.6. The first-order valence-corrected chi connectivity index (χ1v) is 13.8. The topological polar surface area (TPSA) is 90.0 Å². The Balaban J connectivity index is 1.01. The Morgan fingerprint density at radius 3 is 2.21 bits per heavy atom. The number of pyridine rings is 1. The fraction of sp³-hybridized carbons (Fsp3) is 0.387. The van der Waals surface area contributed by atoms with Crippen LogP contribution in [0.2, 0.25) is 0 Å². The number of nitrogens with one attached hydrogen (secondary N) is 1. The Kier molecular flexibility index (Phi) is 8.94. The number of rotatable bonds is 8. The number of anilines is 1. The van der Waals surface area contributed by atoms with E-state index in [1.165, 1.54) is 6.42 Å². The molecule has 2 aliphatic rings. The molecule has 1 saturated carbocycles. The van der Waals surface area contributed by atoms with Crippen LogP contribution in [0.1, 0.15) is 44.9 Å². The zero-order chi connectivity index (χ0) is 26.9. The largest absolute Gasteiger partial charge is 0.493 e. The molecule has 204 valence electrons. The number of nitrogens with zero attached hydrogens (tertiary/aromatic N) is 2. The summed E-state index contributed by atoms with van der Waals surface area (Å²) < 4.78 is 17.3. The monoisotopic (exact) mass is 529 g/mol. The second-order valence-corrected chi connectivity index (χ2v) is 10.2.